The fourth-order valence-electron chi connectivity index (χ4n) is 5.77. The molecule has 0 saturated carbocycles. The lowest BCUT2D eigenvalue weighted by Crippen LogP contribution is -2.51. The maximum Gasteiger partial charge on any atom is 0.239 e. The predicted molar refractivity (Wildman–Crippen MR) is 149 cm³/mol. The molecular weight excluding hydrogens is 545 g/mol. The maximum absolute atomic E-state index is 15.4. The van der Waals surface area contributed by atoms with Crippen LogP contribution in [0.4, 0.5) is 30.6 Å². The van der Waals surface area contributed by atoms with E-state index in [0.29, 0.717) is 49.2 Å². The third-order valence-electron chi connectivity index (χ3n) is 8.10. The average Bonchev–Trinajstić information content (AvgIpc) is 3.35. The van der Waals surface area contributed by atoms with Crippen LogP contribution in [0.25, 0.3) is 6.08 Å². The molecule has 2 aromatic rings. The van der Waals surface area contributed by atoms with Crippen LogP contribution in [-0.4, -0.2) is 71.8 Å². The van der Waals surface area contributed by atoms with Gasteiger partial charge in [0.2, 0.25) is 11.9 Å². The van der Waals surface area contributed by atoms with Gasteiger partial charge in [0, 0.05) is 55.3 Å². The first-order valence-electron chi connectivity index (χ1n) is 13.5. The van der Waals surface area contributed by atoms with E-state index in [9.17, 15) is 13.6 Å². The normalized spacial score (nSPS) is 24.9. The van der Waals surface area contributed by atoms with Crippen LogP contribution in [0.15, 0.2) is 17.9 Å². The van der Waals surface area contributed by atoms with Gasteiger partial charge in [0.05, 0.1) is 18.8 Å². The molecule has 2 aliphatic heterocycles. The lowest BCUT2D eigenvalue weighted by atomic mass is 9.89. The Morgan fingerprint density at radius 1 is 1.20 bits per heavy atom. The standard InChI is InChI=1S/C28H34ClF3N6O2/c1-15-5-6-21(33-15)26(39)37(3)17-7-9-38(10-8-17)27-34-22-13-23(40-4)28(2,32)14-18(22)25(36-27)35-24-19(30)11-16(29)12-20(24)31/h11-13,15,17,21,33H,5-10,14H2,1-4H3,(H,34,35,36). The number of allylic oxidation sites excluding steroid dienone is 1. The van der Waals surface area contributed by atoms with Crippen molar-refractivity contribution in [3.05, 3.63) is 45.8 Å². The van der Waals surface area contributed by atoms with Crippen LogP contribution in [0.5, 0.6) is 0 Å². The number of hydrogen-bond donors (Lipinski definition) is 2. The quantitative estimate of drug-likeness (QED) is 0.500. The summed E-state index contributed by atoms with van der Waals surface area (Å²) in [5, 5.41) is 6.01. The van der Waals surface area contributed by atoms with E-state index in [2.05, 4.69) is 22.5 Å². The molecule has 5 rings (SSSR count). The fourth-order valence-corrected chi connectivity index (χ4v) is 5.97. The van der Waals surface area contributed by atoms with Crippen molar-refractivity contribution in [3.63, 3.8) is 0 Å². The first-order valence-corrected chi connectivity index (χ1v) is 13.9. The maximum atomic E-state index is 15.4. The van der Waals surface area contributed by atoms with E-state index in [0.717, 1.165) is 25.0 Å². The Morgan fingerprint density at radius 3 is 2.48 bits per heavy atom. The van der Waals surface area contributed by atoms with E-state index in [1.165, 1.54) is 20.1 Å². The molecule has 216 valence electrons. The molecule has 0 bridgehead atoms. The fraction of sp³-hybridized carbons (Fsp3) is 0.536. The molecule has 3 heterocycles. The van der Waals surface area contributed by atoms with Crippen molar-refractivity contribution in [2.75, 3.05) is 37.5 Å². The highest BCUT2D eigenvalue weighted by Gasteiger charge is 2.38. The van der Waals surface area contributed by atoms with Gasteiger partial charge in [0.25, 0.3) is 0 Å². The van der Waals surface area contributed by atoms with E-state index in [1.54, 1.807) is 0 Å². The lowest BCUT2D eigenvalue weighted by molar-refractivity contribution is -0.134. The Balaban J connectivity index is 1.41. The zero-order valence-electron chi connectivity index (χ0n) is 23.0. The van der Waals surface area contributed by atoms with Crippen molar-refractivity contribution in [3.8, 4) is 0 Å². The van der Waals surface area contributed by atoms with Crippen molar-refractivity contribution < 1.29 is 22.7 Å². The third-order valence-corrected chi connectivity index (χ3v) is 8.32. The van der Waals surface area contributed by atoms with E-state index >= 15 is 4.39 Å². The lowest BCUT2D eigenvalue weighted by Gasteiger charge is -2.38. The number of hydrogen-bond acceptors (Lipinski definition) is 7. The summed E-state index contributed by atoms with van der Waals surface area (Å²) in [6, 6.07) is 2.25. The first kappa shape index (κ1) is 28.5. The number of piperidine rings is 1. The van der Waals surface area contributed by atoms with Crippen molar-refractivity contribution in [1.82, 2.24) is 20.2 Å². The van der Waals surface area contributed by atoms with Gasteiger partial charge in [-0.05, 0) is 51.7 Å². The summed E-state index contributed by atoms with van der Waals surface area (Å²) >= 11 is 5.79. The number of rotatable bonds is 6. The average molecular weight is 579 g/mol. The van der Waals surface area contributed by atoms with Crippen LogP contribution in [0.2, 0.25) is 5.02 Å². The molecule has 40 heavy (non-hydrogen) atoms. The van der Waals surface area contributed by atoms with Gasteiger partial charge in [-0.3, -0.25) is 4.79 Å². The molecular formula is C28H34ClF3N6O2. The number of ether oxygens (including phenoxy) is 1. The number of carbonyl (C=O) groups is 1. The second-order valence-electron chi connectivity index (χ2n) is 11.1. The summed E-state index contributed by atoms with van der Waals surface area (Å²) in [7, 11) is 3.24. The summed E-state index contributed by atoms with van der Waals surface area (Å²) < 4.78 is 50.1. The second-order valence-corrected chi connectivity index (χ2v) is 11.5. The van der Waals surface area contributed by atoms with Crippen LogP contribution in [0.3, 0.4) is 0 Å². The minimum atomic E-state index is -1.86. The number of likely N-dealkylation sites (N-methyl/N-ethyl adjacent to an activating group) is 1. The molecule has 12 heteroatoms. The number of fused-ring (bicyclic) bond motifs is 1. The monoisotopic (exact) mass is 578 g/mol. The molecule has 3 aliphatic rings. The smallest absolute Gasteiger partial charge is 0.239 e. The van der Waals surface area contributed by atoms with Crippen molar-refractivity contribution >= 4 is 41.0 Å². The van der Waals surface area contributed by atoms with Crippen LogP contribution in [0.1, 0.15) is 50.8 Å². The van der Waals surface area contributed by atoms with Crippen LogP contribution < -0.4 is 15.5 Å². The number of halogens is 4. The number of amides is 1. The molecule has 0 spiro atoms. The zero-order valence-corrected chi connectivity index (χ0v) is 23.8. The summed E-state index contributed by atoms with van der Waals surface area (Å²) in [6.07, 6.45) is 4.58. The van der Waals surface area contributed by atoms with Gasteiger partial charge < -0.3 is 25.2 Å². The highest BCUT2D eigenvalue weighted by atomic mass is 35.5. The highest BCUT2D eigenvalue weighted by Crippen LogP contribution is 2.39. The van der Waals surface area contributed by atoms with Gasteiger partial charge in [-0.2, -0.15) is 4.98 Å². The van der Waals surface area contributed by atoms with Crippen molar-refractivity contribution in [2.24, 2.45) is 0 Å². The number of carbonyl (C=O) groups excluding carboxylic acids is 1. The molecule has 2 N–H and O–H groups in total. The number of nitrogens with zero attached hydrogens (tertiary/aromatic N) is 4. The third kappa shape index (κ3) is 5.58. The molecule has 1 aliphatic carbocycles. The first-order chi connectivity index (χ1) is 19.0. The Morgan fingerprint density at radius 2 is 1.88 bits per heavy atom. The molecule has 0 radical (unpaired) electrons. The molecule has 2 fully saturated rings. The SMILES string of the molecule is COC1=Cc2nc(N3CCC(N(C)C(=O)C4CCC(C)N4)CC3)nc(Nc3c(F)cc(Cl)cc3F)c2CC1(C)F. The largest absolute Gasteiger partial charge is 0.498 e. The van der Waals surface area contributed by atoms with Gasteiger partial charge >= 0.3 is 0 Å². The molecule has 1 amide bonds. The minimum absolute atomic E-state index is 0.0705. The Kier molecular flexibility index (Phi) is 7.89. The summed E-state index contributed by atoms with van der Waals surface area (Å²) in [4.78, 5) is 26.1. The Bertz CT molecular complexity index is 1310. The number of aromatic nitrogens is 2. The number of benzene rings is 1. The van der Waals surface area contributed by atoms with Crippen molar-refractivity contribution in [2.45, 2.75) is 69.7 Å². The summed E-state index contributed by atoms with van der Waals surface area (Å²) in [5.74, 6) is -1.14. The number of nitrogens with one attached hydrogen (secondary N) is 2. The van der Waals surface area contributed by atoms with E-state index in [-0.39, 0.29) is 41.0 Å². The molecule has 1 aromatic heterocycles. The zero-order chi connectivity index (χ0) is 28.8. The number of anilines is 3. The van der Waals surface area contributed by atoms with Crippen molar-refractivity contribution in [1.29, 1.82) is 0 Å². The highest BCUT2D eigenvalue weighted by molar-refractivity contribution is 6.30. The molecule has 2 saturated heterocycles. The van der Waals surface area contributed by atoms with Gasteiger partial charge in [-0.25, -0.2) is 18.2 Å². The van der Waals surface area contributed by atoms with Crippen LogP contribution in [-0.2, 0) is 16.0 Å². The second kappa shape index (κ2) is 11.1. The summed E-state index contributed by atoms with van der Waals surface area (Å²) in [5.41, 5.74) is -1.51. The van der Waals surface area contributed by atoms with E-state index in [4.69, 9.17) is 21.3 Å². The minimum Gasteiger partial charge on any atom is -0.498 e. The van der Waals surface area contributed by atoms with E-state index < -0.39 is 23.0 Å². The summed E-state index contributed by atoms with van der Waals surface area (Å²) in [6.45, 7) is 4.60. The molecule has 8 nitrogen and oxygen atoms in total. The van der Waals surface area contributed by atoms with Gasteiger partial charge in [-0.1, -0.05) is 11.6 Å². The molecule has 1 aromatic carbocycles. The topological polar surface area (TPSA) is 82.6 Å². The Labute approximate surface area is 236 Å². The molecule has 3 unspecified atom stereocenters. The van der Waals surface area contributed by atoms with Crippen LogP contribution in [0, 0.1) is 11.6 Å². The number of methoxy groups -OCH3 is 1. The number of alkyl halides is 1. The van der Waals surface area contributed by atoms with Crippen LogP contribution >= 0.6 is 11.6 Å². The Hall–Kier alpha value is -3.05. The van der Waals surface area contributed by atoms with Gasteiger partial charge in [-0.15, -0.1) is 0 Å². The predicted octanol–water partition coefficient (Wildman–Crippen LogP) is 4.99. The molecule has 3 atom stereocenters. The van der Waals surface area contributed by atoms with Gasteiger partial charge in [0.15, 0.2) is 17.3 Å². The van der Waals surface area contributed by atoms with Gasteiger partial charge in [0.1, 0.15) is 17.3 Å². The van der Waals surface area contributed by atoms with E-state index in [1.807, 2.05) is 16.8 Å².